The average molecular weight is 265 g/mol. The lowest BCUT2D eigenvalue weighted by Gasteiger charge is -2.07. The summed E-state index contributed by atoms with van der Waals surface area (Å²) < 4.78 is 1.99. The summed E-state index contributed by atoms with van der Waals surface area (Å²) in [6.45, 7) is 5.63. The minimum absolute atomic E-state index is 0.678. The van der Waals surface area contributed by atoms with E-state index in [1.54, 1.807) is 12.4 Å². The van der Waals surface area contributed by atoms with Gasteiger partial charge >= 0.3 is 0 Å². The molecule has 2 aromatic heterocycles. The van der Waals surface area contributed by atoms with Crippen LogP contribution in [-0.4, -0.2) is 21.8 Å². The molecule has 0 aromatic carbocycles. The molecule has 5 heteroatoms. The van der Waals surface area contributed by atoms with E-state index >= 15 is 0 Å². The molecule has 2 aromatic rings. The molecule has 0 amide bonds. The highest BCUT2D eigenvalue weighted by Gasteiger charge is 2.11. The van der Waals surface area contributed by atoms with Crippen molar-refractivity contribution < 1.29 is 0 Å². The van der Waals surface area contributed by atoms with Gasteiger partial charge in [0.05, 0.1) is 17.3 Å². The SMILES string of the molecule is CNCc1c(C)nn(Cc2ccncc2Cl)c1C. The Labute approximate surface area is 112 Å². The molecular formula is C13H17ClN4. The fraction of sp³-hybridized carbons (Fsp3) is 0.385. The Balaban J connectivity index is 2.30. The summed E-state index contributed by atoms with van der Waals surface area (Å²) in [6, 6.07) is 1.93. The molecule has 0 bridgehead atoms. The van der Waals surface area contributed by atoms with Crippen molar-refractivity contribution in [3.63, 3.8) is 0 Å². The monoisotopic (exact) mass is 264 g/mol. The Morgan fingerprint density at radius 1 is 1.39 bits per heavy atom. The Morgan fingerprint density at radius 2 is 2.17 bits per heavy atom. The topological polar surface area (TPSA) is 42.7 Å². The number of rotatable bonds is 4. The zero-order chi connectivity index (χ0) is 13.1. The van der Waals surface area contributed by atoms with Crippen LogP contribution in [0.4, 0.5) is 0 Å². The van der Waals surface area contributed by atoms with Gasteiger partial charge in [-0.1, -0.05) is 11.6 Å². The Kier molecular flexibility index (Phi) is 3.99. The largest absolute Gasteiger partial charge is 0.316 e. The lowest BCUT2D eigenvalue weighted by Crippen LogP contribution is -2.08. The second kappa shape index (κ2) is 5.50. The molecule has 0 unspecified atom stereocenters. The fourth-order valence-corrected chi connectivity index (χ4v) is 2.19. The van der Waals surface area contributed by atoms with Crippen molar-refractivity contribution in [3.05, 3.63) is 46.0 Å². The first-order chi connectivity index (χ1) is 8.63. The molecule has 0 aliphatic rings. The number of aryl methyl sites for hydroxylation is 1. The van der Waals surface area contributed by atoms with Gasteiger partial charge in [-0.2, -0.15) is 5.10 Å². The summed E-state index contributed by atoms with van der Waals surface area (Å²) in [5.74, 6) is 0. The summed E-state index contributed by atoms with van der Waals surface area (Å²) in [5.41, 5.74) is 4.53. The van der Waals surface area contributed by atoms with Gasteiger partial charge in [0, 0.05) is 30.2 Å². The van der Waals surface area contributed by atoms with Crippen molar-refractivity contribution in [3.8, 4) is 0 Å². The van der Waals surface area contributed by atoms with E-state index in [-0.39, 0.29) is 0 Å². The maximum Gasteiger partial charge on any atom is 0.0678 e. The highest BCUT2D eigenvalue weighted by Crippen LogP contribution is 2.18. The van der Waals surface area contributed by atoms with Crippen molar-refractivity contribution in [2.45, 2.75) is 26.9 Å². The highest BCUT2D eigenvalue weighted by molar-refractivity contribution is 6.31. The molecule has 0 fully saturated rings. The van der Waals surface area contributed by atoms with Crippen LogP contribution in [0, 0.1) is 13.8 Å². The predicted octanol–water partition coefficient (Wildman–Crippen LogP) is 2.32. The van der Waals surface area contributed by atoms with Crippen molar-refractivity contribution in [1.29, 1.82) is 0 Å². The minimum atomic E-state index is 0.678. The third kappa shape index (κ3) is 2.54. The first kappa shape index (κ1) is 13.1. The molecular weight excluding hydrogens is 248 g/mol. The molecule has 0 aliphatic heterocycles. The highest BCUT2D eigenvalue weighted by atomic mass is 35.5. The molecule has 0 saturated carbocycles. The van der Waals surface area contributed by atoms with E-state index in [1.165, 1.54) is 11.3 Å². The summed E-state index contributed by atoms with van der Waals surface area (Å²) in [6.07, 6.45) is 3.42. The molecule has 0 saturated heterocycles. The lowest BCUT2D eigenvalue weighted by molar-refractivity contribution is 0.656. The lowest BCUT2D eigenvalue weighted by atomic mass is 10.2. The van der Waals surface area contributed by atoms with E-state index < -0.39 is 0 Å². The standard InChI is InChI=1S/C13H17ClN4/c1-9-12(6-15-3)10(2)18(17-9)8-11-4-5-16-7-13(11)14/h4-5,7,15H,6,8H2,1-3H3. The smallest absolute Gasteiger partial charge is 0.0678 e. The van der Waals surface area contributed by atoms with Crippen LogP contribution in [0.3, 0.4) is 0 Å². The number of hydrogen-bond donors (Lipinski definition) is 1. The van der Waals surface area contributed by atoms with Crippen molar-refractivity contribution in [2.24, 2.45) is 0 Å². The van der Waals surface area contributed by atoms with Crippen molar-refractivity contribution >= 4 is 11.6 Å². The normalized spacial score (nSPS) is 10.9. The average Bonchev–Trinajstić information content (AvgIpc) is 2.60. The van der Waals surface area contributed by atoms with Crippen LogP contribution in [0.15, 0.2) is 18.5 Å². The quantitative estimate of drug-likeness (QED) is 0.922. The maximum atomic E-state index is 6.12. The van der Waals surface area contributed by atoms with Crippen LogP contribution in [0.5, 0.6) is 0 Å². The van der Waals surface area contributed by atoms with Gasteiger partial charge in [-0.25, -0.2) is 0 Å². The summed E-state index contributed by atoms with van der Waals surface area (Å²) in [7, 11) is 1.94. The predicted molar refractivity (Wildman–Crippen MR) is 72.8 cm³/mol. The number of hydrogen-bond acceptors (Lipinski definition) is 3. The van der Waals surface area contributed by atoms with Crippen molar-refractivity contribution in [2.75, 3.05) is 7.05 Å². The minimum Gasteiger partial charge on any atom is -0.316 e. The zero-order valence-corrected chi connectivity index (χ0v) is 11.6. The molecule has 0 aliphatic carbocycles. The number of halogens is 1. The second-order valence-electron chi connectivity index (χ2n) is 4.30. The Bertz CT molecular complexity index is 548. The third-order valence-electron chi connectivity index (χ3n) is 3.06. The van der Waals surface area contributed by atoms with E-state index in [0.717, 1.165) is 17.8 Å². The van der Waals surface area contributed by atoms with Gasteiger partial charge in [0.25, 0.3) is 0 Å². The van der Waals surface area contributed by atoms with E-state index in [1.807, 2.05) is 24.7 Å². The molecule has 0 atom stereocenters. The molecule has 2 heterocycles. The maximum absolute atomic E-state index is 6.12. The zero-order valence-electron chi connectivity index (χ0n) is 10.9. The van der Waals surface area contributed by atoms with E-state index in [9.17, 15) is 0 Å². The number of nitrogens with zero attached hydrogens (tertiary/aromatic N) is 3. The van der Waals surface area contributed by atoms with Gasteiger partial charge in [-0.15, -0.1) is 0 Å². The summed E-state index contributed by atoms with van der Waals surface area (Å²) >= 11 is 6.12. The van der Waals surface area contributed by atoms with E-state index in [0.29, 0.717) is 11.6 Å². The molecule has 0 radical (unpaired) electrons. The number of aromatic nitrogens is 3. The summed E-state index contributed by atoms with van der Waals surface area (Å²) in [5, 5.41) is 8.41. The van der Waals surface area contributed by atoms with Crippen LogP contribution in [0.1, 0.15) is 22.5 Å². The molecule has 18 heavy (non-hydrogen) atoms. The van der Waals surface area contributed by atoms with Crippen LogP contribution in [-0.2, 0) is 13.1 Å². The molecule has 1 N–H and O–H groups in total. The molecule has 4 nitrogen and oxygen atoms in total. The van der Waals surface area contributed by atoms with Crippen LogP contribution >= 0.6 is 11.6 Å². The first-order valence-corrected chi connectivity index (χ1v) is 6.27. The van der Waals surface area contributed by atoms with Crippen LogP contribution in [0.2, 0.25) is 5.02 Å². The molecule has 0 spiro atoms. The van der Waals surface area contributed by atoms with Gasteiger partial charge in [0.1, 0.15) is 0 Å². The second-order valence-corrected chi connectivity index (χ2v) is 4.71. The van der Waals surface area contributed by atoms with Gasteiger partial charge in [-0.3, -0.25) is 9.67 Å². The molecule has 2 rings (SSSR count). The van der Waals surface area contributed by atoms with Gasteiger partial charge in [0.15, 0.2) is 0 Å². The Hall–Kier alpha value is -1.39. The van der Waals surface area contributed by atoms with Crippen LogP contribution in [0.25, 0.3) is 0 Å². The van der Waals surface area contributed by atoms with Gasteiger partial charge < -0.3 is 5.32 Å². The first-order valence-electron chi connectivity index (χ1n) is 5.89. The third-order valence-corrected chi connectivity index (χ3v) is 3.40. The van der Waals surface area contributed by atoms with Crippen LogP contribution < -0.4 is 5.32 Å². The molecule has 96 valence electrons. The van der Waals surface area contributed by atoms with Gasteiger partial charge in [-0.05, 0) is 32.5 Å². The van der Waals surface area contributed by atoms with Gasteiger partial charge in [0.2, 0.25) is 0 Å². The number of pyridine rings is 1. The summed E-state index contributed by atoms with van der Waals surface area (Å²) in [4.78, 5) is 3.99. The number of nitrogens with one attached hydrogen (secondary N) is 1. The Morgan fingerprint density at radius 3 is 2.83 bits per heavy atom. The van der Waals surface area contributed by atoms with E-state index in [4.69, 9.17) is 11.6 Å². The van der Waals surface area contributed by atoms with E-state index in [2.05, 4.69) is 22.3 Å². The van der Waals surface area contributed by atoms with Crippen molar-refractivity contribution in [1.82, 2.24) is 20.1 Å². The fourth-order valence-electron chi connectivity index (χ4n) is 2.01.